The number of hydrogen-bond donors (Lipinski definition) is 2. The summed E-state index contributed by atoms with van der Waals surface area (Å²) in [7, 11) is -3.73. The number of carbonyl (C=O) groups is 1. The molecule has 0 atom stereocenters. The highest BCUT2D eigenvalue weighted by molar-refractivity contribution is 7.93. The molecule has 6 nitrogen and oxygen atoms in total. The van der Waals surface area contributed by atoms with Gasteiger partial charge in [-0.15, -0.1) is 0 Å². The first-order valence-corrected chi connectivity index (χ1v) is 7.60. The summed E-state index contributed by atoms with van der Waals surface area (Å²) in [6.07, 6.45) is 2.01. The Morgan fingerprint density at radius 2 is 1.95 bits per heavy atom. The molecule has 1 amide bonds. The first-order valence-electron chi connectivity index (χ1n) is 5.94. The van der Waals surface area contributed by atoms with Gasteiger partial charge in [-0.2, -0.15) is 0 Å². The van der Waals surface area contributed by atoms with Crippen molar-refractivity contribution in [2.45, 2.75) is 19.8 Å². The van der Waals surface area contributed by atoms with Gasteiger partial charge < -0.3 is 10.5 Å². The Morgan fingerprint density at radius 3 is 2.47 bits per heavy atom. The second kappa shape index (κ2) is 6.98. The van der Waals surface area contributed by atoms with Gasteiger partial charge in [-0.05, 0) is 30.7 Å². The molecule has 1 aromatic carbocycles. The molecule has 0 aliphatic heterocycles. The van der Waals surface area contributed by atoms with Crippen molar-refractivity contribution in [2.75, 3.05) is 17.1 Å². The number of ether oxygens (including phenoxy) is 1. The van der Waals surface area contributed by atoms with Gasteiger partial charge in [0.2, 0.25) is 15.9 Å². The maximum absolute atomic E-state index is 11.5. The average molecular weight is 286 g/mol. The van der Waals surface area contributed by atoms with Crippen molar-refractivity contribution in [1.29, 1.82) is 0 Å². The predicted molar refractivity (Wildman–Crippen MR) is 73.4 cm³/mol. The molecule has 0 aliphatic carbocycles. The van der Waals surface area contributed by atoms with E-state index in [9.17, 15) is 13.2 Å². The summed E-state index contributed by atoms with van der Waals surface area (Å²) in [5, 5.41) is 0. The molecule has 0 aromatic heterocycles. The van der Waals surface area contributed by atoms with Gasteiger partial charge in [-0.3, -0.25) is 9.52 Å². The summed E-state index contributed by atoms with van der Waals surface area (Å²) in [6, 6.07) is 6.47. The second-order valence-corrected chi connectivity index (χ2v) is 5.78. The number of nitrogens with two attached hydrogens (primary N) is 1. The zero-order valence-electron chi connectivity index (χ0n) is 10.8. The summed E-state index contributed by atoms with van der Waals surface area (Å²) in [6.45, 7) is 2.70. The number of benzene rings is 1. The summed E-state index contributed by atoms with van der Waals surface area (Å²) >= 11 is 0. The third-order valence-corrected chi connectivity index (χ3v) is 3.44. The lowest BCUT2D eigenvalue weighted by atomic mass is 10.3. The first kappa shape index (κ1) is 15.3. The lowest BCUT2D eigenvalue weighted by Gasteiger charge is -2.08. The van der Waals surface area contributed by atoms with Crippen LogP contribution >= 0.6 is 0 Å². The number of carbonyl (C=O) groups excluding carboxylic acids is 1. The van der Waals surface area contributed by atoms with Crippen molar-refractivity contribution in [3.05, 3.63) is 24.3 Å². The van der Waals surface area contributed by atoms with Crippen molar-refractivity contribution >= 4 is 21.6 Å². The molecular weight excluding hydrogens is 268 g/mol. The Bertz CT molecular complexity index is 511. The molecule has 1 rings (SSSR count). The first-order chi connectivity index (χ1) is 8.93. The van der Waals surface area contributed by atoms with E-state index in [4.69, 9.17) is 10.5 Å². The smallest absolute Gasteiger partial charge is 0.241 e. The van der Waals surface area contributed by atoms with Gasteiger partial charge in [0, 0.05) is 5.69 Å². The Labute approximate surface area is 113 Å². The van der Waals surface area contributed by atoms with Crippen LogP contribution in [0.5, 0.6) is 5.75 Å². The number of amides is 1. The van der Waals surface area contributed by atoms with E-state index in [1.165, 1.54) is 0 Å². The van der Waals surface area contributed by atoms with E-state index in [0.717, 1.165) is 12.8 Å². The monoisotopic (exact) mass is 286 g/mol. The topological polar surface area (TPSA) is 98.5 Å². The lowest BCUT2D eigenvalue weighted by Crippen LogP contribution is -2.27. The number of unbranched alkanes of at least 4 members (excludes halogenated alkanes) is 1. The number of rotatable bonds is 8. The Morgan fingerprint density at radius 1 is 1.32 bits per heavy atom. The van der Waals surface area contributed by atoms with Crippen molar-refractivity contribution < 1.29 is 17.9 Å². The molecule has 3 N–H and O–H groups in total. The third kappa shape index (κ3) is 6.10. The van der Waals surface area contributed by atoms with Crippen LogP contribution in [-0.4, -0.2) is 26.7 Å². The number of primary amides is 1. The predicted octanol–water partition coefficient (Wildman–Crippen LogP) is 1.09. The fourth-order valence-electron chi connectivity index (χ4n) is 1.36. The number of hydrogen-bond acceptors (Lipinski definition) is 4. The van der Waals surface area contributed by atoms with Gasteiger partial charge in [0.25, 0.3) is 0 Å². The van der Waals surface area contributed by atoms with Crippen molar-refractivity contribution in [2.24, 2.45) is 5.73 Å². The van der Waals surface area contributed by atoms with Crippen LogP contribution in [0.25, 0.3) is 0 Å². The van der Waals surface area contributed by atoms with E-state index in [1.54, 1.807) is 24.3 Å². The van der Waals surface area contributed by atoms with Gasteiger partial charge in [0.05, 0.1) is 6.61 Å². The highest BCUT2D eigenvalue weighted by Crippen LogP contribution is 2.17. The molecule has 7 heteroatoms. The minimum atomic E-state index is -3.73. The molecule has 0 bridgehead atoms. The number of sulfonamides is 1. The zero-order chi connectivity index (χ0) is 14.3. The van der Waals surface area contributed by atoms with Gasteiger partial charge in [-0.25, -0.2) is 8.42 Å². The highest BCUT2D eigenvalue weighted by atomic mass is 32.2. The van der Waals surface area contributed by atoms with E-state index in [-0.39, 0.29) is 0 Å². The summed E-state index contributed by atoms with van der Waals surface area (Å²) in [5.74, 6) is -0.958. The minimum absolute atomic E-state index is 0.365. The number of anilines is 1. The molecule has 0 fully saturated rings. The van der Waals surface area contributed by atoms with Crippen LogP contribution in [0.15, 0.2) is 24.3 Å². The van der Waals surface area contributed by atoms with Crippen LogP contribution in [0.4, 0.5) is 5.69 Å². The largest absolute Gasteiger partial charge is 0.494 e. The van der Waals surface area contributed by atoms with Gasteiger partial charge in [-0.1, -0.05) is 13.3 Å². The maximum atomic E-state index is 11.5. The van der Waals surface area contributed by atoms with Crippen molar-refractivity contribution in [3.63, 3.8) is 0 Å². The van der Waals surface area contributed by atoms with Crippen LogP contribution in [0.1, 0.15) is 19.8 Å². The fourth-order valence-corrected chi connectivity index (χ4v) is 2.30. The summed E-state index contributed by atoms with van der Waals surface area (Å²) < 4.78 is 30.6. The number of nitrogens with one attached hydrogen (secondary N) is 1. The van der Waals surface area contributed by atoms with Crippen LogP contribution in [0.2, 0.25) is 0 Å². The SMILES string of the molecule is CCCCOc1ccc(NS(=O)(=O)CC(N)=O)cc1. The van der Waals surface area contributed by atoms with Crippen LogP contribution in [-0.2, 0) is 14.8 Å². The molecular formula is C12H18N2O4S. The Hall–Kier alpha value is -1.76. The minimum Gasteiger partial charge on any atom is -0.494 e. The Balaban J connectivity index is 2.59. The summed E-state index contributed by atoms with van der Waals surface area (Å²) in [5.41, 5.74) is 5.21. The van der Waals surface area contributed by atoms with Gasteiger partial charge in [0.1, 0.15) is 11.5 Å². The normalized spacial score (nSPS) is 11.0. The van der Waals surface area contributed by atoms with Crippen LogP contribution in [0, 0.1) is 0 Å². The quantitative estimate of drug-likeness (QED) is 0.699. The van der Waals surface area contributed by atoms with Crippen molar-refractivity contribution in [3.8, 4) is 5.75 Å². The fraction of sp³-hybridized carbons (Fsp3) is 0.417. The zero-order valence-corrected chi connectivity index (χ0v) is 11.6. The molecule has 106 valence electrons. The van der Waals surface area contributed by atoms with Crippen LogP contribution < -0.4 is 15.2 Å². The lowest BCUT2D eigenvalue weighted by molar-refractivity contribution is -0.115. The molecule has 19 heavy (non-hydrogen) atoms. The standard InChI is InChI=1S/C12H18N2O4S/c1-2-3-8-18-11-6-4-10(5-7-11)14-19(16,17)9-12(13)15/h4-7,14H,2-3,8-9H2,1H3,(H2,13,15). The average Bonchev–Trinajstić information content (AvgIpc) is 2.29. The third-order valence-electron chi connectivity index (χ3n) is 2.23. The molecule has 0 radical (unpaired) electrons. The van der Waals surface area contributed by atoms with E-state index < -0.39 is 21.7 Å². The van der Waals surface area contributed by atoms with E-state index >= 15 is 0 Å². The molecule has 1 aromatic rings. The molecule has 0 saturated carbocycles. The maximum Gasteiger partial charge on any atom is 0.241 e. The van der Waals surface area contributed by atoms with Crippen molar-refractivity contribution in [1.82, 2.24) is 0 Å². The molecule has 0 spiro atoms. The van der Waals surface area contributed by atoms with E-state index in [1.807, 2.05) is 0 Å². The van der Waals surface area contributed by atoms with Gasteiger partial charge >= 0.3 is 0 Å². The molecule has 0 saturated heterocycles. The van der Waals surface area contributed by atoms with Crippen LogP contribution in [0.3, 0.4) is 0 Å². The highest BCUT2D eigenvalue weighted by Gasteiger charge is 2.13. The van der Waals surface area contributed by atoms with E-state index in [2.05, 4.69) is 11.6 Å². The Kier molecular flexibility index (Phi) is 5.62. The molecule has 0 aliphatic rings. The second-order valence-electron chi connectivity index (χ2n) is 4.05. The van der Waals surface area contributed by atoms with E-state index in [0.29, 0.717) is 18.0 Å². The molecule has 0 unspecified atom stereocenters. The van der Waals surface area contributed by atoms with Gasteiger partial charge in [0.15, 0.2) is 0 Å². The summed E-state index contributed by atoms with van der Waals surface area (Å²) in [4.78, 5) is 10.6. The molecule has 0 heterocycles.